The van der Waals surface area contributed by atoms with Gasteiger partial charge < -0.3 is 25.4 Å². The predicted molar refractivity (Wildman–Crippen MR) is 110 cm³/mol. The number of aliphatic imine (C=N–C) groups is 1. The second-order valence-corrected chi connectivity index (χ2v) is 5.89. The third-order valence-corrected chi connectivity index (χ3v) is 4.00. The Morgan fingerprint density at radius 2 is 1.81 bits per heavy atom. The van der Waals surface area contributed by atoms with Crippen molar-refractivity contribution in [3.63, 3.8) is 0 Å². The van der Waals surface area contributed by atoms with Crippen LogP contribution in [0.15, 0.2) is 47.6 Å². The van der Waals surface area contributed by atoms with Gasteiger partial charge in [-0.05, 0) is 42.7 Å². The minimum atomic E-state index is 0.654. The van der Waals surface area contributed by atoms with Gasteiger partial charge in [0.1, 0.15) is 5.82 Å². The molecule has 0 aliphatic carbocycles. The molecule has 3 N–H and O–H groups in total. The number of pyridine rings is 1. The molecule has 2 rings (SSSR count). The summed E-state index contributed by atoms with van der Waals surface area (Å²) in [5.41, 5.74) is 1.09. The van der Waals surface area contributed by atoms with Crippen molar-refractivity contribution < 1.29 is 9.47 Å². The standard InChI is InChI=1S/C20H29N5O2/c1-21-20(24-13-7-6-12-23-19-8-4-5-11-22-19)25-15-16-9-10-17(26-2)18(14-16)27-3/h4-5,8-11,14H,6-7,12-13,15H2,1-3H3,(H,22,23)(H2,21,24,25). The minimum Gasteiger partial charge on any atom is -0.493 e. The summed E-state index contributed by atoms with van der Waals surface area (Å²) in [4.78, 5) is 8.50. The van der Waals surface area contributed by atoms with Crippen molar-refractivity contribution in [3.8, 4) is 11.5 Å². The van der Waals surface area contributed by atoms with E-state index in [1.54, 1.807) is 27.5 Å². The quantitative estimate of drug-likeness (QED) is 0.338. The van der Waals surface area contributed by atoms with Gasteiger partial charge in [-0.2, -0.15) is 0 Å². The Bertz CT molecular complexity index is 707. The molecule has 0 amide bonds. The molecule has 2 aromatic rings. The third-order valence-electron chi connectivity index (χ3n) is 4.00. The zero-order valence-electron chi connectivity index (χ0n) is 16.3. The van der Waals surface area contributed by atoms with E-state index < -0.39 is 0 Å². The van der Waals surface area contributed by atoms with Crippen LogP contribution >= 0.6 is 0 Å². The lowest BCUT2D eigenvalue weighted by atomic mass is 10.2. The van der Waals surface area contributed by atoms with Crippen molar-refractivity contribution >= 4 is 11.8 Å². The van der Waals surface area contributed by atoms with Gasteiger partial charge in [-0.25, -0.2) is 4.98 Å². The van der Waals surface area contributed by atoms with Gasteiger partial charge in [-0.3, -0.25) is 4.99 Å². The molecule has 7 nitrogen and oxygen atoms in total. The summed E-state index contributed by atoms with van der Waals surface area (Å²) in [6.45, 7) is 2.41. The first kappa shape index (κ1) is 20.4. The van der Waals surface area contributed by atoms with Crippen LogP contribution in [0, 0.1) is 0 Å². The molecule has 1 heterocycles. The molecule has 146 valence electrons. The van der Waals surface area contributed by atoms with Gasteiger partial charge in [0.15, 0.2) is 17.5 Å². The first-order chi connectivity index (χ1) is 13.3. The molecule has 0 saturated carbocycles. The Hall–Kier alpha value is -2.96. The van der Waals surface area contributed by atoms with Crippen LogP contribution in [0.3, 0.4) is 0 Å². The van der Waals surface area contributed by atoms with E-state index in [9.17, 15) is 0 Å². The molecule has 7 heteroatoms. The second kappa shape index (κ2) is 11.6. The molecular weight excluding hydrogens is 342 g/mol. The topological polar surface area (TPSA) is 79.8 Å². The number of unbranched alkanes of at least 4 members (excludes halogenated alkanes) is 1. The monoisotopic (exact) mass is 371 g/mol. The Balaban J connectivity index is 1.65. The largest absolute Gasteiger partial charge is 0.493 e. The van der Waals surface area contributed by atoms with Gasteiger partial charge in [-0.15, -0.1) is 0 Å². The summed E-state index contributed by atoms with van der Waals surface area (Å²) in [5, 5.41) is 9.94. The Morgan fingerprint density at radius 3 is 2.52 bits per heavy atom. The number of aromatic nitrogens is 1. The molecule has 0 radical (unpaired) electrons. The van der Waals surface area contributed by atoms with E-state index in [0.29, 0.717) is 6.54 Å². The average molecular weight is 371 g/mol. The lowest BCUT2D eigenvalue weighted by molar-refractivity contribution is 0.354. The SMILES string of the molecule is CN=C(NCCCCNc1ccccn1)NCc1ccc(OC)c(OC)c1. The van der Waals surface area contributed by atoms with E-state index in [1.165, 1.54) is 0 Å². The molecule has 0 bridgehead atoms. The van der Waals surface area contributed by atoms with Crippen LogP contribution in [0.5, 0.6) is 11.5 Å². The average Bonchev–Trinajstić information content (AvgIpc) is 2.73. The summed E-state index contributed by atoms with van der Waals surface area (Å²) in [5.74, 6) is 3.14. The number of ether oxygens (including phenoxy) is 2. The highest BCUT2D eigenvalue weighted by Crippen LogP contribution is 2.27. The Morgan fingerprint density at radius 1 is 1.00 bits per heavy atom. The fourth-order valence-corrected chi connectivity index (χ4v) is 2.54. The van der Waals surface area contributed by atoms with Gasteiger partial charge in [-0.1, -0.05) is 12.1 Å². The van der Waals surface area contributed by atoms with Gasteiger partial charge >= 0.3 is 0 Å². The van der Waals surface area contributed by atoms with Gasteiger partial charge in [0.05, 0.1) is 14.2 Å². The van der Waals surface area contributed by atoms with E-state index in [1.807, 2.05) is 36.4 Å². The van der Waals surface area contributed by atoms with E-state index >= 15 is 0 Å². The molecular formula is C20H29N5O2. The molecule has 0 spiro atoms. The van der Waals surface area contributed by atoms with Crippen molar-refractivity contribution in [2.24, 2.45) is 4.99 Å². The Labute approximate surface area is 161 Å². The van der Waals surface area contributed by atoms with Crippen molar-refractivity contribution in [1.29, 1.82) is 0 Å². The molecule has 0 atom stereocenters. The number of hydrogen-bond acceptors (Lipinski definition) is 5. The highest BCUT2D eigenvalue weighted by molar-refractivity contribution is 5.79. The van der Waals surface area contributed by atoms with E-state index in [-0.39, 0.29) is 0 Å². The van der Waals surface area contributed by atoms with Crippen LogP contribution in [0.25, 0.3) is 0 Å². The van der Waals surface area contributed by atoms with Crippen LogP contribution in [0.1, 0.15) is 18.4 Å². The molecule has 0 aliphatic rings. The molecule has 0 saturated heterocycles. The van der Waals surface area contributed by atoms with E-state index in [0.717, 1.165) is 54.8 Å². The number of guanidine groups is 1. The van der Waals surface area contributed by atoms with Crippen LogP contribution in [-0.2, 0) is 6.54 Å². The molecule has 0 unspecified atom stereocenters. The van der Waals surface area contributed by atoms with Gasteiger partial charge in [0.25, 0.3) is 0 Å². The third kappa shape index (κ3) is 7.05. The first-order valence-corrected chi connectivity index (χ1v) is 9.07. The highest BCUT2D eigenvalue weighted by Gasteiger charge is 2.05. The maximum absolute atomic E-state index is 5.34. The van der Waals surface area contributed by atoms with E-state index in [2.05, 4.69) is 25.9 Å². The molecule has 0 fully saturated rings. The Kier molecular flexibility index (Phi) is 8.76. The van der Waals surface area contributed by atoms with Crippen LogP contribution in [-0.4, -0.2) is 45.3 Å². The van der Waals surface area contributed by atoms with Crippen molar-refractivity contribution in [2.75, 3.05) is 39.7 Å². The molecule has 1 aromatic heterocycles. The smallest absolute Gasteiger partial charge is 0.191 e. The van der Waals surface area contributed by atoms with Crippen molar-refractivity contribution in [1.82, 2.24) is 15.6 Å². The number of nitrogens with zero attached hydrogens (tertiary/aromatic N) is 2. The first-order valence-electron chi connectivity index (χ1n) is 9.07. The lowest BCUT2D eigenvalue weighted by Gasteiger charge is -2.13. The fourth-order valence-electron chi connectivity index (χ4n) is 2.54. The van der Waals surface area contributed by atoms with Crippen LogP contribution in [0.2, 0.25) is 0 Å². The van der Waals surface area contributed by atoms with Gasteiger partial charge in [0.2, 0.25) is 0 Å². The maximum atomic E-state index is 5.34. The number of methoxy groups -OCH3 is 2. The highest BCUT2D eigenvalue weighted by atomic mass is 16.5. The number of anilines is 1. The summed E-state index contributed by atoms with van der Waals surface area (Å²) in [6.07, 6.45) is 3.88. The summed E-state index contributed by atoms with van der Waals surface area (Å²) < 4.78 is 10.6. The normalized spacial score (nSPS) is 11.0. The maximum Gasteiger partial charge on any atom is 0.191 e. The minimum absolute atomic E-state index is 0.654. The summed E-state index contributed by atoms with van der Waals surface area (Å²) in [6, 6.07) is 11.7. The lowest BCUT2D eigenvalue weighted by Crippen LogP contribution is -2.37. The molecule has 0 aliphatic heterocycles. The molecule has 27 heavy (non-hydrogen) atoms. The number of nitrogens with one attached hydrogen (secondary N) is 3. The number of benzene rings is 1. The number of rotatable bonds is 10. The van der Waals surface area contributed by atoms with E-state index in [4.69, 9.17) is 9.47 Å². The second-order valence-electron chi connectivity index (χ2n) is 5.89. The van der Waals surface area contributed by atoms with Crippen molar-refractivity contribution in [2.45, 2.75) is 19.4 Å². The predicted octanol–water partition coefficient (Wildman–Crippen LogP) is 2.66. The molecule has 1 aromatic carbocycles. The van der Waals surface area contributed by atoms with Gasteiger partial charge in [0, 0.05) is 32.9 Å². The zero-order chi connectivity index (χ0) is 19.3. The summed E-state index contributed by atoms with van der Waals surface area (Å²) in [7, 11) is 5.04. The van der Waals surface area contributed by atoms with Crippen LogP contribution in [0.4, 0.5) is 5.82 Å². The van der Waals surface area contributed by atoms with Crippen LogP contribution < -0.4 is 25.4 Å². The number of hydrogen-bond donors (Lipinski definition) is 3. The van der Waals surface area contributed by atoms with Crippen molar-refractivity contribution in [3.05, 3.63) is 48.2 Å². The summed E-state index contributed by atoms with van der Waals surface area (Å²) >= 11 is 0. The fraction of sp³-hybridized carbons (Fsp3) is 0.400. The zero-order valence-corrected chi connectivity index (χ0v) is 16.3.